The van der Waals surface area contributed by atoms with E-state index in [2.05, 4.69) is 29.3 Å². The predicted octanol–water partition coefficient (Wildman–Crippen LogP) is 2.94. The Morgan fingerprint density at radius 2 is 2.08 bits per heavy atom. The van der Waals surface area contributed by atoms with Crippen molar-refractivity contribution in [3.8, 4) is 5.75 Å². The minimum Gasteiger partial charge on any atom is -0.454 e. The Morgan fingerprint density at radius 3 is 2.68 bits per heavy atom. The number of alkyl halides is 1. The lowest BCUT2D eigenvalue weighted by atomic mass is 10.2. The maximum Gasteiger partial charge on any atom is 0.249 e. The molecular weight excluding hydrogens is 364 g/mol. The van der Waals surface area contributed by atoms with Crippen LogP contribution < -0.4 is 21.1 Å². The molecule has 0 aliphatic carbocycles. The number of nitrogens with two attached hydrogens (primary N) is 1. The second kappa shape index (κ2) is 8.84. The van der Waals surface area contributed by atoms with Gasteiger partial charge in [0, 0.05) is 24.4 Å². The van der Waals surface area contributed by atoms with Crippen molar-refractivity contribution in [3.63, 3.8) is 0 Å². The third-order valence-electron chi connectivity index (χ3n) is 3.18. The van der Waals surface area contributed by atoms with Gasteiger partial charge in [-0.15, -0.1) is 9.24 Å². The molecule has 0 amide bonds. The highest BCUT2D eigenvalue weighted by Gasteiger charge is 2.07. The number of nitrogens with one attached hydrogen (secondary N) is 1. The molecule has 2 aromatic carbocycles. The number of benzene rings is 2. The first-order valence-electron chi connectivity index (χ1n) is 7.20. The molecule has 0 saturated carbocycles. The third-order valence-corrected chi connectivity index (χ3v) is 3.79. The van der Waals surface area contributed by atoms with E-state index < -0.39 is 11.9 Å². The van der Waals surface area contributed by atoms with Crippen LogP contribution in [0.15, 0.2) is 46.4 Å². The summed E-state index contributed by atoms with van der Waals surface area (Å²) in [6, 6.07) is 9.47. The number of hydrogen-bond donors (Lipinski definition) is 2. The number of anilines is 1. The number of nitrogens with zero attached hydrogens (tertiary/aromatic N) is 2. The van der Waals surface area contributed by atoms with Crippen LogP contribution >= 0.6 is 18.5 Å². The van der Waals surface area contributed by atoms with Crippen molar-refractivity contribution in [1.29, 1.82) is 0 Å². The summed E-state index contributed by atoms with van der Waals surface area (Å²) < 4.78 is 31.1. The summed E-state index contributed by atoms with van der Waals surface area (Å²) in [5.41, 5.74) is 7.93. The van der Waals surface area contributed by atoms with Crippen LogP contribution in [0.1, 0.15) is 5.56 Å². The van der Waals surface area contributed by atoms with Crippen LogP contribution in [0, 0.1) is 5.82 Å². The maximum atomic E-state index is 13.7. The summed E-state index contributed by atoms with van der Waals surface area (Å²) >= 11 is 0. The summed E-state index contributed by atoms with van der Waals surface area (Å²) in [6.07, 6.45) is -0.448. The molecule has 0 spiro atoms. The van der Waals surface area contributed by atoms with Gasteiger partial charge in [-0.05, 0) is 35.6 Å². The highest BCUT2D eigenvalue weighted by Crippen LogP contribution is 2.24. The molecule has 0 saturated heterocycles. The van der Waals surface area contributed by atoms with Crippen molar-refractivity contribution in [2.24, 2.45) is 15.7 Å². The average molecular weight is 382 g/mol. The minimum absolute atomic E-state index is 0.193. The monoisotopic (exact) mass is 382 g/mol. The summed E-state index contributed by atoms with van der Waals surface area (Å²) in [5, 5.41) is 4.00. The van der Waals surface area contributed by atoms with Gasteiger partial charge in [0.25, 0.3) is 0 Å². The van der Waals surface area contributed by atoms with E-state index in [0.717, 1.165) is 22.6 Å². The van der Waals surface area contributed by atoms with Gasteiger partial charge < -0.3 is 15.8 Å². The zero-order valence-corrected chi connectivity index (χ0v) is 15.7. The highest BCUT2D eigenvalue weighted by atomic mass is 31.0. The van der Waals surface area contributed by atoms with Gasteiger partial charge in [0.05, 0.1) is 5.69 Å². The molecule has 0 aromatic heterocycles. The number of aliphatic imine (C=N–C) groups is 2. The van der Waals surface area contributed by atoms with E-state index in [1.165, 1.54) is 18.5 Å². The second-order valence-corrected chi connectivity index (χ2v) is 6.04. The Kier molecular flexibility index (Phi) is 6.80. The SMILES string of the molecule is CNc1ccc(C(N)=NC=Nc2ccc(OC(F)P)c(F)c2)cc1P. The summed E-state index contributed by atoms with van der Waals surface area (Å²) in [7, 11) is 6.22. The normalized spacial score (nSPS) is 13.1. The van der Waals surface area contributed by atoms with Gasteiger partial charge in [-0.1, -0.05) is 9.24 Å². The number of ether oxygens (including phenoxy) is 1. The standard InChI is InChI=1S/C16H18F2N4OP2/c1-20-12-4-2-9(6-14(12)24)15(19)22-8-21-10-3-5-13(11(17)7-10)23-16(18)25/h2-8,16,20H,24-25H2,1H3,(H2,19,21,22). The quantitative estimate of drug-likeness (QED) is 0.459. The Balaban J connectivity index is 2.12. The van der Waals surface area contributed by atoms with Crippen LogP contribution in [0.4, 0.5) is 20.2 Å². The van der Waals surface area contributed by atoms with Gasteiger partial charge in [-0.25, -0.2) is 14.4 Å². The van der Waals surface area contributed by atoms with Gasteiger partial charge >= 0.3 is 0 Å². The lowest BCUT2D eigenvalue weighted by Gasteiger charge is -2.07. The van der Waals surface area contributed by atoms with Gasteiger partial charge in [0.2, 0.25) is 6.10 Å². The lowest BCUT2D eigenvalue weighted by Crippen LogP contribution is -2.15. The Morgan fingerprint density at radius 1 is 1.32 bits per heavy atom. The van der Waals surface area contributed by atoms with E-state index in [4.69, 9.17) is 5.73 Å². The summed E-state index contributed by atoms with van der Waals surface area (Å²) in [4.78, 5) is 8.05. The Bertz CT molecular complexity index is 813. The molecule has 132 valence electrons. The number of amidine groups is 1. The van der Waals surface area contributed by atoms with E-state index in [9.17, 15) is 8.78 Å². The molecule has 0 aliphatic heterocycles. The van der Waals surface area contributed by atoms with Crippen LogP contribution in [0.3, 0.4) is 0 Å². The summed E-state index contributed by atoms with van der Waals surface area (Å²) in [5.74, 6) is -0.632. The van der Waals surface area contributed by atoms with Crippen molar-refractivity contribution < 1.29 is 13.5 Å². The molecule has 0 heterocycles. The van der Waals surface area contributed by atoms with E-state index >= 15 is 0 Å². The van der Waals surface area contributed by atoms with Crippen molar-refractivity contribution in [2.75, 3.05) is 12.4 Å². The van der Waals surface area contributed by atoms with Crippen LogP contribution in [0.2, 0.25) is 0 Å². The first kappa shape index (κ1) is 19.2. The first-order chi connectivity index (χ1) is 11.9. The zero-order valence-electron chi connectivity index (χ0n) is 13.4. The molecule has 0 fully saturated rings. The molecule has 2 aromatic rings. The minimum atomic E-state index is -1.68. The van der Waals surface area contributed by atoms with E-state index in [1.807, 2.05) is 25.2 Å². The first-order valence-corrected chi connectivity index (χ1v) is 8.44. The van der Waals surface area contributed by atoms with Gasteiger partial charge in [-0.3, -0.25) is 0 Å². The average Bonchev–Trinajstić information content (AvgIpc) is 2.56. The molecule has 3 atom stereocenters. The van der Waals surface area contributed by atoms with Crippen molar-refractivity contribution in [3.05, 3.63) is 47.8 Å². The van der Waals surface area contributed by atoms with E-state index in [0.29, 0.717) is 5.69 Å². The fourth-order valence-corrected chi connectivity index (χ4v) is 2.54. The molecule has 25 heavy (non-hydrogen) atoms. The Labute approximate surface area is 149 Å². The maximum absolute atomic E-state index is 13.7. The van der Waals surface area contributed by atoms with Gasteiger partial charge in [0.1, 0.15) is 12.2 Å². The molecular formula is C16H18F2N4OP2. The fraction of sp³-hybridized carbons (Fsp3) is 0.125. The molecule has 0 aliphatic rings. The van der Waals surface area contributed by atoms with Crippen LogP contribution in [-0.2, 0) is 0 Å². The van der Waals surface area contributed by atoms with E-state index in [1.54, 1.807) is 9.24 Å². The lowest BCUT2D eigenvalue weighted by molar-refractivity contribution is 0.147. The van der Waals surface area contributed by atoms with Crippen molar-refractivity contribution in [1.82, 2.24) is 0 Å². The van der Waals surface area contributed by atoms with Crippen molar-refractivity contribution >= 4 is 47.3 Å². The van der Waals surface area contributed by atoms with Gasteiger partial charge in [0.15, 0.2) is 11.6 Å². The third kappa shape index (κ3) is 5.45. The van der Waals surface area contributed by atoms with Crippen LogP contribution in [0.25, 0.3) is 0 Å². The van der Waals surface area contributed by atoms with Gasteiger partial charge in [-0.2, -0.15) is 4.39 Å². The topological polar surface area (TPSA) is 72.0 Å². The number of hydrogen-bond acceptors (Lipinski definition) is 3. The van der Waals surface area contributed by atoms with Crippen LogP contribution in [-0.4, -0.2) is 25.3 Å². The zero-order chi connectivity index (χ0) is 18.4. The van der Waals surface area contributed by atoms with Crippen molar-refractivity contribution in [2.45, 2.75) is 6.10 Å². The second-order valence-electron chi connectivity index (χ2n) is 4.89. The highest BCUT2D eigenvalue weighted by molar-refractivity contribution is 7.28. The molecule has 2 rings (SSSR count). The van der Waals surface area contributed by atoms with E-state index in [-0.39, 0.29) is 11.6 Å². The number of rotatable bonds is 6. The fourth-order valence-electron chi connectivity index (χ4n) is 1.97. The van der Waals surface area contributed by atoms with Crippen LogP contribution in [0.5, 0.6) is 5.75 Å². The predicted molar refractivity (Wildman–Crippen MR) is 106 cm³/mol. The Hall–Kier alpha value is -2.10. The molecule has 0 bridgehead atoms. The molecule has 0 radical (unpaired) electrons. The molecule has 3 N–H and O–H groups in total. The smallest absolute Gasteiger partial charge is 0.249 e. The molecule has 5 nitrogen and oxygen atoms in total. The largest absolute Gasteiger partial charge is 0.454 e. The summed E-state index contributed by atoms with van der Waals surface area (Å²) in [6.45, 7) is 0. The molecule has 3 unspecified atom stereocenters. The molecule has 9 heteroatoms. The number of halogens is 2.